The van der Waals surface area contributed by atoms with Crippen LogP contribution in [0, 0.1) is 5.41 Å². The van der Waals surface area contributed by atoms with Crippen molar-refractivity contribution < 1.29 is 13.5 Å². The molecule has 4 heteroatoms. The van der Waals surface area contributed by atoms with Crippen LogP contribution in [0.15, 0.2) is 0 Å². The van der Waals surface area contributed by atoms with Crippen molar-refractivity contribution in [3.8, 4) is 0 Å². The van der Waals surface area contributed by atoms with Crippen LogP contribution >= 0.6 is 0 Å². The Balaban J connectivity index is 1.73. The molecule has 0 aromatic carbocycles. The Hall–Kier alpha value is -0.220. The van der Waals surface area contributed by atoms with Gasteiger partial charge in [0.2, 0.25) is 0 Å². The minimum Gasteiger partial charge on any atom is -0.380 e. The van der Waals surface area contributed by atoms with Gasteiger partial charge in [0.15, 0.2) is 0 Å². The highest BCUT2D eigenvalue weighted by atomic mass is 19.3. The van der Waals surface area contributed by atoms with Gasteiger partial charge in [-0.15, -0.1) is 0 Å². The Morgan fingerprint density at radius 1 is 1.22 bits per heavy atom. The Bertz CT molecular complexity index is 263. The summed E-state index contributed by atoms with van der Waals surface area (Å²) in [5, 5.41) is 0. The summed E-state index contributed by atoms with van der Waals surface area (Å²) in [5.41, 5.74) is 0.383. The lowest BCUT2D eigenvalue weighted by atomic mass is 9.78. The molecule has 2 heterocycles. The zero-order valence-electron chi connectivity index (χ0n) is 11.6. The number of hydrogen-bond donors (Lipinski definition) is 0. The van der Waals surface area contributed by atoms with Gasteiger partial charge in [-0.25, -0.2) is 8.78 Å². The molecule has 2 saturated heterocycles. The number of hydrogen-bond acceptors (Lipinski definition) is 2. The third-order valence-electron chi connectivity index (χ3n) is 4.81. The predicted molar refractivity (Wildman–Crippen MR) is 68.0 cm³/mol. The molecule has 2 rings (SSSR count). The van der Waals surface area contributed by atoms with Crippen molar-refractivity contribution in [1.29, 1.82) is 0 Å². The van der Waals surface area contributed by atoms with Gasteiger partial charge in [-0.2, -0.15) is 0 Å². The van der Waals surface area contributed by atoms with E-state index in [4.69, 9.17) is 4.74 Å². The van der Waals surface area contributed by atoms with Crippen molar-refractivity contribution in [3.05, 3.63) is 0 Å². The molecule has 0 aliphatic carbocycles. The molecule has 106 valence electrons. The molecular weight excluding hydrogens is 236 g/mol. The van der Waals surface area contributed by atoms with E-state index in [1.165, 1.54) is 0 Å². The lowest BCUT2D eigenvalue weighted by Gasteiger charge is -2.43. The lowest BCUT2D eigenvalue weighted by molar-refractivity contribution is -0.123. The van der Waals surface area contributed by atoms with Gasteiger partial charge in [-0.05, 0) is 26.2 Å². The summed E-state index contributed by atoms with van der Waals surface area (Å²) >= 11 is 0. The van der Waals surface area contributed by atoms with Gasteiger partial charge in [-0.3, -0.25) is 0 Å². The lowest BCUT2D eigenvalue weighted by Crippen LogP contribution is -2.46. The van der Waals surface area contributed by atoms with Crippen molar-refractivity contribution >= 4 is 0 Å². The average Bonchev–Trinajstić information content (AvgIpc) is 2.28. The number of piperidine rings is 1. The van der Waals surface area contributed by atoms with E-state index in [1.807, 2.05) is 0 Å². The molecule has 0 spiro atoms. The van der Waals surface area contributed by atoms with Crippen molar-refractivity contribution in [2.24, 2.45) is 5.41 Å². The van der Waals surface area contributed by atoms with Gasteiger partial charge >= 0.3 is 0 Å². The fourth-order valence-electron chi connectivity index (χ4n) is 2.91. The topological polar surface area (TPSA) is 12.5 Å². The standard InChI is InChI=1S/C14H25F2NO/c1-3-13(10-18-11-13)5-4-12(2)17-8-6-14(15,16)7-9-17/h12H,3-11H2,1-2H3. The van der Waals surface area contributed by atoms with Crippen LogP contribution in [0.2, 0.25) is 0 Å². The number of halogens is 2. The molecule has 2 fully saturated rings. The molecule has 1 unspecified atom stereocenters. The highest BCUT2D eigenvalue weighted by molar-refractivity contribution is 4.87. The fraction of sp³-hybridized carbons (Fsp3) is 1.00. The van der Waals surface area contributed by atoms with Crippen molar-refractivity contribution in [3.63, 3.8) is 0 Å². The van der Waals surface area contributed by atoms with Crippen LogP contribution in [0.1, 0.15) is 46.0 Å². The molecule has 0 N–H and O–H groups in total. The van der Waals surface area contributed by atoms with E-state index in [9.17, 15) is 8.78 Å². The second-order valence-electron chi connectivity index (χ2n) is 6.13. The quantitative estimate of drug-likeness (QED) is 0.753. The van der Waals surface area contributed by atoms with Crippen LogP contribution in [0.3, 0.4) is 0 Å². The normalized spacial score (nSPS) is 28.7. The third-order valence-corrected chi connectivity index (χ3v) is 4.81. The molecule has 0 saturated carbocycles. The average molecular weight is 261 g/mol. The van der Waals surface area contributed by atoms with Crippen LogP contribution in [-0.2, 0) is 4.74 Å². The maximum atomic E-state index is 13.1. The SMILES string of the molecule is CCC1(CCC(C)N2CCC(F)(F)CC2)COC1. The molecule has 0 amide bonds. The van der Waals surface area contributed by atoms with E-state index in [0.717, 1.165) is 32.5 Å². The van der Waals surface area contributed by atoms with Crippen LogP contribution in [0.5, 0.6) is 0 Å². The van der Waals surface area contributed by atoms with E-state index >= 15 is 0 Å². The van der Waals surface area contributed by atoms with Crippen LogP contribution in [0.4, 0.5) is 8.78 Å². The van der Waals surface area contributed by atoms with Crippen molar-refractivity contribution in [1.82, 2.24) is 4.90 Å². The first-order valence-corrected chi connectivity index (χ1v) is 7.16. The van der Waals surface area contributed by atoms with E-state index < -0.39 is 5.92 Å². The first kappa shape index (κ1) is 14.2. The zero-order chi connectivity index (χ0) is 13.2. The highest BCUT2D eigenvalue weighted by Crippen LogP contribution is 2.37. The first-order chi connectivity index (χ1) is 8.46. The molecule has 2 nitrogen and oxygen atoms in total. The predicted octanol–water partition coefficient (Wildman–Crippen LogP) is 3.31. The van der Waals surface area contributed by atoms with Crippen LogP contribution in [0.25, 0.3) is 0 Å². The van der Waals surface area contributed by atoms with Crippen LogP contribution in [-0.4, -0.2) is 43.2 Å². The largest absolute Gasteiger partial charge is 0.380 e. The molecule has 18 heavy (non-hydrogen) atoms. The fourth-order valence-corrected chi connectivity index (χ4v) is 2.91. The minimum atomic E-state index is -2.43. The number of nitrogens with zero attached hydrogens (tertiary/aromatic N) is 1. The van der Waals surface area contributed by atoms with Gasteiger partial charge in [-0.1, -0.05) is 6.92 Å². The second kappa shape index (κ2) is 5.41. The van der Waals surface area contributed by atoms with E-state index in [1.54, 1.807) is 0 Å². The van der Waals surface area contributed by atoms with Crippen molar-refractivity contribution in [2.75, 3.05) is 26.3 Å². The molecule has 0 aromatic rings. The molecule has 0 bridgehead atoms. The molecule has 2 aliphatic rings. The first-order valence-electron chi connectivity index (χ1n) is 7.16. The highest BCUT2D eigenvalue weighted by Gasteiger charge is 2.38. The summed E-state index contributed by atoms with van der Waals surface area (Å²) < 4.78 is 31.5. The van der Waals surface area contributed by atoms with E-state index in [0.29, 0.717) is 24.5 Å². The molecule has 1 atom stereocenters. The molecule has 0 aromatic heterocycles. The molecule has 2 aliphatic heterocycles. The Labute approximate surface area is 109 Å². The summed E-state index contributed by atoms with van der Waals surface area (Å²) in [7, 11) is 0. The smallest absolute Gasteiger partial charge is 0.250 e. The molecule has 0 radical (unpaired) electrons. The monoisotopic (exact) mass is 261 g/mol. The zero-order valence-corrected chi connectivity index (χ0v) is 11.6. The summed E-state index contributed by atoms with van der Waals surface area (Å²) in [4.78, 5) is 2.22. The van der Waals surface area contributed by atoms with Gasteiger partial charge in [0.05, 0.1) is 13.2 Å². The number of alkyl halides is 2. The Morgan fingerprint density at radius 2 is 1.83 bits per heavy atom. The van der Waals surface area contributed by atoms with Gasteiger partial charge in [0.1, 0.15) is 0 Å². The maximum absolute atomic E-state index is 13.1. The van der Waals surface area contributed by atoms with E-state index in [-0.39, 0.29) is 12.8 Å². The third kappa shape index (κ3) is 3.21. The Morgan fingerprint density at radius 3 is 2.28 bits per heavy atom. The van der Waals surface area contributed by atoms with Crippen LogP contribution < -0.4 is 0 Å². The molecular formula is C14H25F2NO. The summed E-state index contributed by atoms with van der Waals surface area (Å²) in [5.74, 6) is -2.43. The second-order valence-corrected chi connectivity index (χ2v) is 6.13. The summed E-state index contributed by atoms with van der Waals surface area (Å²) in [6.07, 6.45) is 3.48. The van der Waals surface area contributed by atoms with Gasteiger partial charge in [0.25, 0.3) is 5.92 Å². The summed E-state index contributed by atoms with van der Waals surface area (Å²) in [6, 6.07) is 0.421. The van der Waals surface area contributed by atoms with E-state index in [2.05, 4.69) is 18.7 Å². The maximum Gasteiger partial charge on any atom is 0.250 e. The van der Waals surface area contributed by atoms with Gasteiger partial charge in [0, 0.05) is 37.4 Å². The Kier molecular flexibility index (Phi) is 4.27. The van der Waals surface area contributed by atoms with Crippen molar-refractivity contribution in [2.45, 2.75) is 57.9 Å². The minimum absolute atomic E-state index is 0.0272. The summed E-state index contributed by atoms with van der Waals surface area (Å²) in [6.45, 7) is 7.25. The number of likely N-dealkylation sites (tertiary alicyclic amines) is 1. The number of ether oxygens (including phenoxy) is 1. The number of rotatable bonds is 5. The van der Waals surface area contributed by atoms with Gasteiger partial charge < -0.3 is 9.64 Å².